The lowest BCUT2D eigenvalue weighted by atomic mass is 9.95. The number of benzene rings is 1. The average Bonchev–Trinajstić information content (AvgIpc) is 2.41. The van der Waals surface area contributed by atoms with Crippen molar-refractivity contribution in [2.75, 3.05) is 20.3 Å². The first-order valence-electron chi connectivity index (χ1n) is 5.67. The van der Waals surface area contributed by atoms with Crippen LogP contribution in [0.25, 0.3) is 0 Å². The van der Waals surface area contributed by atoms with E-state index in [0.29, 0.717) is 13.2 Å². The minimum Gasteiger partial charge on any atom is -0.497 e. The Bertz CT molecular complexity index is 396. The summed E-state index contributed by atoms with van der Waals surface area (Å²) in [5.41, 5.74) is -0.521. The van der Waals surface area contributed by atoms with E-state index in [1.54, 1.807) is 7.11 Å². The van der Waals surface area contributed by atoms with E-state index in [2.05, 4.69) is 5.92 Å². The number of rotatable bonds is 3. The van der Waals surface area contributed by atoms with Crippen molar-refractivity contribution < 1.29 is 14.2 Å². The average molecular weight is 232 g/mol. The van der Waals surface area contributed by atoms with E-state index in [1.165, 1.54) is 0 Å². The van der Waals surface area contributed by atoms with E-state index in [9.17, 15) is 0 Å². The summed E-state index contributed by atoms with van der Waals surface area (Å²) < 4.78 is 16.3. The van der Waals surface area contributed by atoms with E-state index >= 15 is 0 Å². The third kappa shape index (κ3) is 2.72. The van der Waals surface area contributed by atoms with Gasteiger partial charge >= 0.3 is 0 Å². The summed E-state index contributed by atoms with van der Waals surface area (Å²) in [6, 6.07) is 7.46. The SMILES string of the molecule is C#CC1(Oc2ccc(OC)cc2)CCOCC1. The first kappa shape index (κ1) is 11.8. The molecule has 1 aliphatic rings. The predicted octanol–water partition coefficient (Wildman–Crippen LogP) is 2.26. The molecule has 1 fully saturated rings. The van der Waals surface area contributed by atoms with Gasteiger partial charge in [-0.1, -0.05) is 5.92 Å². The van der Waals surface area contributed by atoms with Gasteiger partial charge in [0.2, 0.25) is 0 Å². The maximum atomic E-state index is 5.92. The molecule has 0 spiro atoms. The molecule has 1 aromatic rings. The maximum Gasteiger partial charge on any atom is 0.173 e. The summed E-state index contributed by atoms with van der Waals surface area (Å²) in [6.45, 7) is 1.31. The second-order valence-electron chi connectivity index (χ2n) is 4.03. The molecule has 0 radical (unpaired) electrons. The smallest absolute Gasteiger partial charge is 0.173 e. The zero-order valence-electron chi connectivity index (χ0n) is 9.94. The second kappa shape index (κ2) is 5.11. The number of ether oxygens (including phenoxy) is 3. The van der Waals surface area contributed by atoms with Gasteiger partial charge in [0.05, 0.1) is 20.3 Å². The van der Waals surface area contributed by atoms with E-state index < -0.39 is 5.60 Å². The van der Waals surface area contributed by atoms with Crippen molar-refractivity contribution in [3.8, 4) is 23.8 Å². The third-order valence-electron chi connectivity index (χ3n) is 2.94. The van der Waals surface area contributed by atoms with Gasteiger partial charge in [-0.2, -0.15) is 0 Å². The van der Waals surface area contributed by atoms with Gasteiger partial charge < -0.3 is 14.2 Å². The molecular weight excluding hydrogens is 216 g/mol. The van der Waals surface area contributed by atoms with E-state index in [4.69, 9.17) is 20.6 Å². The van der Waals surface area contributed by atoms with Gasteiger partial charge in [-0.15, -0.1) is 6.42 Å². The summed E-state index contributed by atoms with van der Waals surface area (Å²) >= 11 is 0. The summed E-state index contributed by atoms with van der Waals surface area (Å²) in [6.07, 6.45) is 7.05. The zero-order chi connectivity index (χ0) is 12.1. The Hall–Kier alpha value is -1.66. The van der Waals surface area contributed by atoms with Gasteiger partial charge in [0.25, 0.3) is 0 Å². The molecule has 3 heteroatoms. The lowest BCUT2D eigenvalue weighted by Gasteiger charge is -2.33. The molecule has 0 saturated carbocycles. The Morgan fingerprint density at radius 1 is 1.18 bits per heavy atom. The second-order valence-corrected chi connectivity index (χ2v) is 4.03. The van der Waals surface area contributed by atoms with Crippen molar-refractivity contribution in [1.82, 2.24) is 0 Å². The van der Waals surface area contributed by atoms with Crippen LogP contribution in [0.15, 0.2) is 24.3 Å². The minimum absolute atomic E-state index is 0.521. The van der Waals surface area contributed by atoms with Gasteiger partial charge in [-0.3, -0.25) is 0 Å². The summed E-state index contributed by atoms with van der Waals surface area (Å²) in [4.78, 5) is 0. The van der Waals surface area contributed by atoms with E-state index in [1.807, 2.05) is 24.3 Å². The molecule has 1 saturated heterocycles. The molecule has 17 heavy (non-hydrogen) atoms. The molecule has 90 valence electrons. The fourth-order valence-corrected chi connectivity index (χ4v) is 1.85. The highest BCUT2D eigenvalue weighted by molar-refractivity contribution is 5.32. The van der Waals surface area contributed by atoms with Gasteiger partial charge in [0.1, 0.15) is 11.5 Å². The van der Waals surface area contributed by atoms with Crippen LogP contribution in [0.2, 0.25) is 0 Å². The van der Waals surface area contributed by atoms with Crippen molar-refractivity contribution in [2.45, 2.75) is 18.4 Å². The predicted molar refractivity (Wildman–Crippen MR) is 65.2 cm³/mol. The van der Waals surface area contributed by atoms with Crippen LogP contribution in [0.1, 0.15) is 12.8 Å². The Labute approximate surface area is 102 Å². The first-order chi connectivity index (χ1) is 8.28. The van der Waals surface area contributed by atoms with Crippen molar-refractivity contribution >= 4 is 0 Å². The molecule has 1 heterocycles. The Morgan fingerprint density at radius 2 is 1.76 bits per heavy atom. The first-order valence-corrected chi connectivity index (χ1v) is 5.67. The lowest BCUT2D eigenvalue weighted by Crippen LogP contribution is -2.40. The fourth-order valence-electron chi connectivity index (χ4n) is 1.85. The van der Waals surface area contributed by atoms with E-state index in [-0.39, 0.29) is 0 Å². The molecule has 0 N–H and O–H groups in total. The van der Waals surface area contributed by atoms with Crippen LogP contribution < -0.4 is 9.47 Å². The topological polar surface area (TPSA) is 27.7 Å². The third-order valence-corrected chi connectivity index (χ3v) is 2.94. The standard InChI is InChI=1S/C14H16O3/c1-3-14(8-10-16-11-9-14)17-13-6-4-12(15-2)5-7-13/h1,4-7H,8-11H2,2H3. The van der Waals surface area contributed by atoms with Crippen LogP contribution in [0.4, 0.5) is 0 Å². The molecule has 3 nitrogen and oxygen atoms in total. The fraction of sp³-hybridized carbons (Fsp3) is 0.429. The molecular formula is C14H16O3. The van der Waals surface area contributed by atoms with Crippen molar-refractivity contribution in [1.29, 1.82) is 0 Å². The summed E-state index contributed by atoms with van der Waals surface area (Å²) in [5, 5.41) is 0. The Kier molecular flexibility index (Phi) is 3.55. The zero-order valence-corrected chi connectivity index (χ0v) is 9.94. The normalized spacial score (nSPS) is 18.1. The minimum atomic E-state index is -0.521. The lowest BCUT2D eigenvalue weighted by molar-refractivity contribution is -0.0111. The number of hydrogen-bond donors (Lipinski definition) is 0. The number of hydrogen-bond acceptors (Lipinski definition) is 3. The number of methoxy groups -OCH3 is 1. The highest BCUT2D eigenvalue weighted by atomic mass is 16.5. The molecule has 0 atom stereocenters. The Balaban J connectivity index is 2.10. The van der Waals surface area contributed by atoms with Crippen LogP contribution in [0.5, 0.6) is 11.5 Å². The van der Waals surface area contributed by atoms with E-state index in [0.717, 1.165) is 24.3 Å². The van der Waals surface area contributed by atoms with Crippen LogP contribution in [-0.4, -0.2) is 25.9 Å². The van der Waals surface area contributed by atoms with Gasteiger partial charge in [0, 0.05) is 12.8 Å². The molecule has 0 aliphatic carbocycles. The molecule has 1 aromatic carbocycles. The van der Waals surface area contributed by atoms with Crippen molar-refractivity contribution in [3.05, 3.63) is 24.3 Å². The highest BCUT2D eigenvalue weighted by Crippen LogP contribution is 2.28. The number of terminal acetylenes is 1. The molecule has 2 rings (SSSR count). The van der Waals surface area contributed by atoms with Gasteiger partial charge in [-0.25, -0.2) is 0 Å². The van der Waals surface area contributed by atoms with Gasteiger partial charge in [-0.05, 0) is 24.3 Å². The van der Waals surface area contributed by atoms with Gasteiger partial charge in [0.15, 0.2) is 5.60 Å². The molecule has 0 amide bonds. The molecule has 0 aromatic heterocycles. The van der Waals surface area contributed by atoms with Crippen LogP contribution in [0.3, 0.4) is 0 Å². The maximum absolute atomic E-state index is 5.92. The van der Waals surface area contributed by atoms with Crippen molar-refractivity contribution in [2.24, 2.45) is 0 Å². The van der Waals surface area contributed by atoms with Crippen LogP contribution in [0, 0.1) is 12.3 Å². The quantitative estimate of drug-likeness (QED) is 0.748. The van der Waals surface area contributed by atoms with Crippen LogP contribution in [-0.2, 0) is 4.74 Å². The monoisotopic (exact) mass is 232 g/mol. The summed E-state index contributed by atoms with van der Waals surface area (Å²) in [5.74, 6) is 4.33. The molecule has 1 aliphatic heterocycles. The molecule has 0 unspecified atom stereocenters. The molecule has 0 bridgehead atoms. The summed E-state index contributed by atoms with van der Waals surface area (Å²) in [7, 11) is 1.64. The largest absolute Gasteiger partial charge is 0.497 e. The van der Waals surface area contributed by atoms with Crippen molar-refractivity contribution in [3.63, 3.8) is 0 Å². The highest BCUT2D eigenvalue weighted by Gasteiger charge is 2.32. The van der Waals surface area contributed by atoms with Crippen LogP contribution >= 0.6 is 0 Å². The Morgan fingerprint density at radius 3 is 2.29 bits per heavy atom.